The van der Waals surface area contributed by atoms with E-state index in [4.69, 9.17) is 5.73 Å². The molecular weight excluding hydrogens is 168 g/mol. The maximum absolute atomic E-state index is 11.2. The van der Waals surface area contributed by atoms with Gasteiger partial charge in [-0.25, -0.2) is 0 Å². The molecule has 76 valence electrons. The van der Waals surface area contributed by atoms with E-state index in [9.17, 15) is 9.59 Å². The van der Waals surface area contributed by atoms with Gasteiger partial charge in [0, 0.05) is 5.92 Å². The summed E-state index contributed by atoms with van der Waals surface area (Å²) in [6.45, 7) is 7.23. The van der Waals surface area contributed by atoms with Gasteiger partial charge in [-0.1, -0.05) is 27.7 Å². The maximum atomic E-state index is 11.2. The van der Waals surface area contributed by atoms with E-state index in [0.29, 0.717) is 0 Å². The van der Waals surface area contributed by atoms with E-state index in [-0.39, 0.29) is 17.7 Å². The number of carbonyl (C=O) groups is 2. The fourth-order valence-electron chi connectivity index (χ4n) is 0.886. The zero-order valence-electron chi connectivity index (χ0n) is 8.63. The second-order valence-electron chi connectivity index (χ2n) is 3.79. The van der Waals surface area contributed by atoms with Gasteiger partial charge in [-0.15, -0.1) is 0 Å². The molecule has 0 saturated heterocycles. The third-order valence-electron chi connectivity index (χ3n) is 1.80. The predicted molar refractivity (Wildman–Crippen MR) is 50.8 cm³/mol. The topological polar surface area (TPSA) is 72.2 Å². The van der Waals surface area contributed by atoms with Gasteiger partial charge in [-0.3, -0.25) is 9.59 Å². The predicted octanol–water partition coefficient (Wildman–Crippen LogP) is 0.268. The van der Waals surface area contributed by atoms with Gasteiger partial charge in [0.15, 0.2) is 0 Å². The van der Waals surface area contributed by atoms with Crippen LogP contribution in [0.15, 0.2) is 0 Å². The molecule has 4 nitrogen and oxygen atoms in total. The molecule has 0 aliphatic heterocycles. The summed E-state index contributed by atoms with van der Waals surface area (Å²) in [6, 6.07) is -0.560. The first-order valence-electron chi connectivity index (χ1n) is 4.46. The van der Waals surface area contributed by atoms with Gasteiger partial charge in [-0.2, -0.15) is 0 Å². The second kappa shape index (κ2) is 4.84. The summed E-state index contributed by atoms with van der Waals surface area (Å²) in [5.74, 6) is -0.720. The van der Waals surface area contributed by atoms with Crippen LogP contribution >= 0.6 is 0 Å². The van der Waals surface area contributed by atoms with E-state index in [1.165, 1.54) is 0 Å². The molecule has 0 aromatic heterocycles. The standard InChI is InChI=1S/C9H18N2O2/c1-5(2)7(8(10)12)11-9(13)6(3)4/h5-7H,1-4H3,(H2,10,12)(H,11,13). The van der Waals surface area contributed by atoms with Crippen LogP contribution in [0, 0.1) is 11.8 Å². The third kappa shape index (κ3) is 3.92. The van der Waals surface area contributed by atoms with Crippen molar-refractivity contribution in [2.45, 2.75) is 33.7 Å². The normalized spacial score (nSPS) is 13.1. The number of hydrogen-bond acceptors (Lipinski definition) is 2. The van der Waals surface area contributed by atoms with E-state index in [1.54, 1.807) is 13.8 Å². The van der Waals surface area contributed by atoms with Crippen molar-refractivity contribution in [2.75, 3.05) is 0 Å². The van der Waals surface area contributed by atoms with Crippen molar-refractivity contribution >= 4 is 11.8 Å². The summed E-state index contributed by atoms with van der Waals surface area (Å²) in [4.78, 5) is 22.1. The van der Waals surface area contributed by atoms with Crippen LogP contribution in [0.25, 0.3) is 0 Å². The minimum Gasteiger partial charge on any atom is -0.368 e. The summed E-state index contributed by atoms with van der Waals surface area (Å²) in [6.07, 6.45) is 0. The molecule has 4 heteroatoms. The number of carbonyl (C=O) groups excluding carboxylic acids is 2. The Hall–Kier alpha value is -1.06. The lowest BCUT2D eigenvalue weighted by Gasteiger charge is -2.19. The first kappa shape index (κ1) is 11.9. The molecule has 0 spiro atoms. The highest BCUT2D eigenvalue weighted by Crippen LogP contribution is 2.02. The number of nitrogens with two attached hydrogens (primary N) is 1. The van der Waals surface area contributed by atoms with Gasteiger partial charge in [0.2, 0.25) is 11.8 Å². The molecule has 1 unspecified atom stereocenters. The van der Waals surface area contributed by atoms with Gasteiger partial charge in [-0.05, 0) is 5.92 Å². The van der Waals surface area contributed by atoms with Crippen LogP contribution in [0.4, 0.5) is 0 Å². The SMILES string of the molecule is CC(C)C(=O)NC(C(N)=O)C(C)C. The summed E-state index contributed by atoms with van der Waals surface area (Å²) in [5.41, 5.74) is 5.13. The lowest BCUT2D eigenvalue weighted by molar-refractivity contribution is -0.130. The Morgan fingerprint density at radius 1 is 1.15 bits per heavy atom. The van der Waals surface area contributed by atoms with E-state index < -0.39 is 11.9 Å². The maximum Gasteiger partial charge on any atom is 0.240 e. The zero-order chi connectivity index (χ0) is 10.6. The van der Waals surface area contributed by atoms with Gasteiger partial charge in [0.25, 0.3) is 0 Å². The first-order valence-corrected chi connectivity index (χ1v) is 4.46. The number of amides is 2. The van der Waals surface area contributed by atoms with Crippen LogP contribution < -0.4 is 11.1 Å². The molecule has 2 amide bonds. The molecule has 0 heterocycles. The Bertz CT molecular complexity index is 200. The highest BCUT2D eigenvalue weighted by atomic mass is 16.2. The average Bonchev–Trinajstić information content (AvgIpc) is 1.97. The molecule has 0 aromatic rings. The van der Waals surface area contributed by atoms with Crippen LogP contribution in [-0.2, 0) is 9.59 Å². The molecule has 3 N–H and O–H groups in total. The van der Waals surface area contributed by atoms with Crippen molar-refractivity contribution < 1.29 is 9.59 Å². The largest absolute Gasteiger partial charge is 0.368 e. The number of primary amides is 1. The average molecular weight is 186 g/mol. The Labute approximate surface area is 78.9 Å². The van der Waals surface area contributed by atoms with Gasteiger partial charge in [0.05, 0.1) is 0 Å². The fourth-order valence-corrected chi connectivity index (χ4v) is 0.886. The van der Waals surface area contributed by atoms with Gasteiger partial charge in [0.1, 0.15) is 6.04 Å². The van der Waals surface area contributed by atoms with Crippen molar-refractivity contribution in [3.05, 3.63) is 0 Å². The van der Waals surface area contributed by atoms with Crippen molar-refractivity contribution in [1.82, 2.24) is 5.32 Å². The van der Waals surface area contributed by atoms with Crippen molar-refractivity contribution in [3.63, 3.8) is 0 Å². The van der Waals surface area contributed by atoms with Crippen LogP contribution in [0.1, 0.15) is 27.7 Å². The molecule has 0 aliphatic rings. The summed E-state index contributed by atoms with van der Waals surface area (Å²) < 4.78 is 0. The smallest absolute Gasteiger partial charge is 0.240 e. The molecule has 0 fully saturated rings. The molecule has 0 rings (SSSR count). The third-order valence-corrected chi connectivity index (χ3v) is 1.80. The van der Waals surface area contributed by atoms with Crippen LogP contribution in [0.2, 0.25) is 0 Å². The van der Waals surface area contributed by atoms with Crippen molar-refractivity contribution in [1.29, 1.82) is 0 Å². The lowest BCUT2D eigenvalue weighted by Crippen LogP contribution is -2.48. The highest BCUT2D eigenvalue weighted by Gasteiger charge is 2.22. The zero-order valence-corrected chi connectivity index (χ0v) is 8.63. The van der Waals surface area contributed by atoms with E-state index >= 15 is 0 Å². The monoisotopic (exact) mass is 186 g/mol. The van der Waals surface area contributed by atoms with Gasteiger partial charge >= 0.3 is 0 Å². The molecule has 0 radical (unpaired) electrons. The number of nitrogens with one attached hydrogen (secondary N) is 1. The summed E-state index contributed by atoms with van der Waals surface area (Å²) in [5, 5.41) is 2.60. The minimum atomic E-state index is -0.560. The fraction of sp³-hybridized carbons (Fsp3) is 0.778. The minimum absolute atomic E-state index is 0.0280. The summed E-state index contributed by atoms with van der Waals surface area (Å²) in [7, 11) is 0. The molecule has 1 atom stereocenters. The Morgan fingerprint density at radius 3 is 1.85 bits per heavy atom. The quantitative estimate of drug-likeness (QED) is 0.661. The van der Waals surface area contributed by atoms with Gasteiger partial charge < -0.3 is 11.1 Å². The number of rotatable bonds is 4. The summed E-state index contributed by atoms with van der Waals surface area (Å²) >= 11 is 0. The first-order chi connectivity index (χ1) is 5.86. The molecule has 0 aliphatic carbocycles. The lowest BCUT2D eigenvalue weighted by atomic mass is 10.0. The van der Waals surface area contributed by atoms with Crippen LogP contribution in [0.5, 0.6) is 0 Å². The Balaban J connectivity index is 4.27. The van der Waals surface area contributed by atoms with Crippen molar-refractivity contribution in [2.24, 2.45) is 17.6 Å². The van der Waals surface area contributed by atoms with E-state index in [2.05, 4.69) is 5.32 Å². The molecule has 13 heavy (non-hydrogen) atoms. The second-order valence-corrected chi connectivity index (χ2v) is 3.79. The molecule has 0 bridgehead atoms. The highest BCUT2D eigenvalue weighted by molar-refractivity contribution is 5.87. The molecule has 0 saturated carbocycles. The van der Waals surface area contributed by atoms with E-state index in [1.807, 2.05) is 13.8 Å². The molecular formula is C9H18N2O2. The Kier molecular flexibility index (Phi) is 4.45. The number of hydrogen-bond donors (Lipinski definition) is 2. The van der Waals surface area contributed by atoms with Crippen molar-refractivity contribution in [3.8, 4) is 0 Å². The Morgan fingerprint density at radius 2 is 1.62 bits per heavy atom. The van der Waals surface area contributed by atoms with Crippen LogP contribution in [-0.4, -0.2) is 17.9 Å². The van der Waals surface area contributed by atoms with Crippen LogP contribution in [0.3, 0.4) is 0 Å². The van der Waals surface area contributed by atoms with E-state index in [0.717, 1.165) is 0 Å². The molecule has 0 aromatic carbocycles.